The molecule has 2 N–H and O–H groups in total. The van der Waals surface area contributed by atoms with Crippen LogP contribution in [0.5, 0.6) is 0 Å². The van der Waals surface area contributed by atoms with Crippen molar-refractivity contribution < 1.29 is 4.79 Å². The Bertz CT molecular complexity index is 1250. The molecule has 1 amide bonds. The lowest BCUT2D eigenvalue weighted by molar-refractivity contribution is 0.0977. The van der Waals surface area contributed by atoms with E-state index >= 15 is 0 Å². The molecule has 4 rings (SSSR count). The Kier molecular flexibility index (Phi) is 7.11. The predicted molar refractivity (Wildman–Crippen MR) is 140 cm³/mol. The number of unbranched alkanes of at least 4 members (excludes halogenated alkanes) is 1. The fourth-order valence-corrected chi connectivity index (χ4v) is 3.79. The van der Waals surface area contributed by atoms with E-state index in [2.05, 4.69) is 62.5 Å². The van der Waals surface area contributed by atoms with Crippen LogP contribution in [-0.4, -0.2) is 26.0 Å². The highest BCUT2D eigenvalue weighted by Gasteiger charge is 2.10. The van der Waals surface area contributed by atoms with Crippen LogP contribution in [0.1, 0.15) is 35.7 Å². The summed E-state index contributed by atoms with van der Waals surface area (Å²) in [6.45, 7) is 2.20. The minimum atomic E-state index is -0.256. The predicted octanol–water partition coefficient (Wildman–Crippen LogP) is 5.49. The lowest BCUT2D eigenvalue weighted by atomic mass is 10.1. The number of halogens is 1. The molecule has 32 heavy (non-hydrogen) atoms. The molecule has 0 aliphatic rings. The first-order valence-electron chi connectivity index (χ1n) is 10.4. The third-order valence-electron chi connectivity index (χ3n) is 4.96. The third kappa shape index (κ3) is 5.49. The summed E-state index contributed by atoms with van der Waals surface area (Å²) in [6, 6.07) is 21.2. The number of aromatic nitrogens is 3. The molecule has 0 radical (unpaired) electrons. The maximum absolute atomic E-state index is 12.3. The van der Waals surface area contributed by atoms with Crippen molar-refractivity contribution in [3.05, 3.63) is 81.4 Å². The van der Waals surface area contributed by atoms with Gasteiger partial charge in [-0.25, -0.2) is 0 Å². The topological polar surface area (TPSA) is 71.8 Å². The van der Waals surface area contributed by atoms with E-state index in [-0.39, 0.29) is 11.0 Å². The van der Waals surface area contributed by atoms with E-state index in [9.17, 15) is 4.79 Å². The number of nitrogens with zero attached hydrogens (tertiary/aromatic N) is 3. The van der Waals surface area contributed by atoms with E-state index in [0.717, 1.165) is 32.4 Å². The number of anilines is 1. The minimum absolute atomic E-state index is 0.225. The molecule has 0 bridgehead atoms. The Morgan fingerprint density at radius 1 is 1.00 bits per heavy atom. The van der Waals surface area contributed by atoms with Crippen LogP contribution in [0, 0.1) is 3.57 Å². The molecule has 0 aliphatic carbocycles. The fourth-order valence-electron chi connectivity index (χ4n) is 3.22. The van der Waals surface area contributed by atoms with E-state index in [1.165, 1.54) is 18.4 Å². The van der Waals surface area contributed by atoms with E-state index in [0.29, 0.717) is 5.56 Å². The number of carbonyl (C=O) groups is 1. The molecule has 0 fully saturated rings. The molecule has 1 heterocycles. The zero-order valence-corrected chi connectivity index (χ0v) is 20.5. The minimum Gasteiger partial charge on any atom is -0.332 e. The summed E-state index contributed by atoms with van der Waals surface area (Å²) >= 11 is 7.49. The summed E-state index contributed by atoms with van der Waals surface area (Å²) in [5, 5.41) is 15.1. The molecule has 0 aliphatic heterocycles. The first-order valence-corrected chi connectivity index (χ1v) is 11.8. The van der Waals surface area contributed by atoms with Crippen molar-refractivity contribution in [2.24, 2.45) is 0 Å². The van der Waals surface area contributed by atoms with Crippen LogP contribution >= 0.6 is 34.8 Å². The zero-order valence-electron chi connectivity index (χ0n) is 17.5. The number of rotatable bonds is 6. The Hall–Kier alpha value is -2.85. The van der Waals surface area contributed by atoms with Crippen LogP contribution in [0.25, 0.3) is 16.7 Å². The standard InChI is InChI=1S/C24H22IN5OS/c1-2-3-4-16-5-12-20(13-6-16)30-28-21-14-11-19(15-22(21)29-30)26-24(32)27-23(31)17-7-9-18(25)10-8-17/h5-15H,2-4H2,1H3,(H2,26,27,31,32). The van der Waals surface area contributed by atoms with Crippen molar-refractivity contribution in [2.75, 3.05) is 5.32 Å². The Morgan fingerprint density at radius 2 is 1.72 bits per heavy atom. The number of hydrogen-bond acceptors (Lipinski definition) is 4. The van der Waals surface area contributed by atoms with Crippen molar-refractivity contribution in [1.29, 1.82) is 0 Å². The molecular weight excluding hydrogens is 533 g/mol. The number of carbonyl (C=O) groups excluding carboxylic acids is 1. The summed E-state index contributed by atoms with van der Waals surface area (Å²) in [6.07, 6.45) is 3.45. The average molecular weight is 555 g/mol. The average Bonchev–Trinajstić information content (AvgIpc) is 3.21. The number of thiocarbonyl (C=S) groups is 1. The van der Waals surface area contributed by atoms with Crippen LogP contribution in [0.2, 0.25) is 0 Å². The maximum Gasteiger partial charge on any atom is 0.257 e. The molecule has 0 atom stereocenters. The highest BCUT2D eigenvalue weighted by Crippen LogP contribution is 2.18. The first kappa shape index (κ1) is 22.3. The van der Waals surface area contributed by atoms with Gasteiger partial charge in [0.05, 0.1) is 5.69 Å². The normalized spacial score (nSPS) is 10.8. The number of amides is 1. The van der Waals surface area contributed by atoms with Gasteiger partial charge < -0.3 is 5.32 Å². The van der Waals surface area contributed by atoms with Gasteiger partial charge >= 0.3 is 0 Å². The van der Waals surface area contributed by atoms with Gasteiger partial charge in [0, 0.05) is 14.8 Å². The van der Waals surface area contributed by atoms with Gasteiger partial charge in [-0.15, -0.1) is 10.2 Å². The Balaban J connectivity index is 1.44. The van der Waals surface area contributed by atoms with E-state index in [1.807, 2.05) is 42.5 Å². The van der Waals surface area contributed by atoms with Crippen LogP contribution < -0.4 is 10.6 Å². The van der Waals surface area contributed by atoms with Crippen LogP contribution in [0.15, 0.2) is 66.7 Å². The number of aryl methyl sites for hydroxylation is 1. The van der Waals surface area contributed by atoms with Gasteiger partial charge in [-0.3, -0.25) is 10.1 Å². The monoisotopic (exact) mass is 555 g/mol. The molecule has 0 saturated carbocycles. The third-order valence-corrected chi connectivity index (χ3v) is 5.88. The quantitative estimate of drug-likeness (QED) is 0.243. The summed E-state index contributed by atoms with van der Waals surface area (Å²) < 4.78 is 1.06. The number of hydrogen-bond donors (Lipinski definition) is 2. The second-order valence-corrected chi connectivity index (χ2v) is 9.03. The van der Waals surface area contributed by atoms with Gasteiger partial charge in [0.25, 0.3) is 5.91 Å². The van der Waals surface area contributed by atoms with E-state index in [4.69, 9.17) is 12.2 Å². The SMILES string of the molecule is CCCCc1ccc(-n2nc3ccc(NC(=S)NC(=O)c4ccc(I)cc4)cc3n2)cc1. The number of benzene rings is 3. The molecule has 0 saturated heterocycles. The molecule has 4 aromatic rings. The first-order chi connectivity index (χ1) is 15.5. The second-order valence-electron chi connectivity index (χ2n) is 7.38. The molecule has 1 aromatic heterocycles. The van der Waals surface area contributed by atoms with Crippen molar-refractivity contribution >= 4 is 62.5 Å². The van der Waals surface area contributed by atoms with Gasteiger partial charge in [-0.2, -0.15) is 4.80 Å². The Labute approximate surface area is 205 Å². The highest BCUT2D eigenvalue weighted by atomic mass is 127. The van der Waals surface area contributed by atoms with E-state index in [1.54, 1.807) is 16.9 Å². The maximum atomic E-state index is 12.3. The lowest BCUT2D eigenvalue weighted by Crippen LogP contribution is -2.34. The highest BCUT2D eigenvalue weighted by molar-refractivity contribution is 14.1. The summed E-state index contributed by atoms with van der Waals surface area (Å²) in [5.41, 5.74) is 5.02. The summed E-state index contributed by atoms with van der Waals surface area (Å²) in [4.78, 5) is 14.0. The van der Waals surface area contributed by atoms with Crippen molar-refractivity contribution in [1.82, 2.24) is 20.3 Å². The van der Waals surface area contributed by atoms with Crippen LogP contribution in [-0.2, 0) is 6.42 Å². The van der Waals surface area contributed by atoms with Crippen molar-refractivity contribution in [2.45, 2.75) is 26.2 Å². The smallest absolute Gasteiger partial charge is 0.257 e. The number of fused-ring (bicyclic) bond motifs is 1. The van der Waals surface area contributed by atoms with Gasteiger partial charge in [-0.1, -0.05) is 25.5 Å². The largest absolute Gasteiger partial charge is 0.332 e. The molecule has 162 valence electrons. The lowest BCUT2D eigenvalue weighted by Gasteiger charge is -2.09. The molecular formula is C24H22IN5OS. The molecule has 0 unspecified atom stereocenters. The molecule has 8 heteroatoms. The van der Waals surface area contributed by atoms with Crippen molar-refractivity contribution in [3.63, 3.8) is 0 Å². The molecule has 0 spiro atoms. The van der Waals surface area contributed by atoms with Crippen molar-refractivity contribution in [3.8, 4) is 5.69 Å². The second kappa shape index (κ2) is 10.2. The van der Waals surface area contributed by atoms with E-state index < -0.39 is 0 Å². The van der Waals surface area contributed by atoms with Crippen LogP contribution in [0.4, 0.5) is 5.69 Å². The van der Waals surface area contributed by atoms with Crippen LogP contribution in [0.3, 0.4) is 0 Å². The number of nitrogens with one attached hydrogen (secondary N) is 2. The summed E-state index contributed by atoms with van der Waals surface area (Å²) in [7, 11) is 0. The fraction of sp³-hybridized carbons (Fsp3) is 0.167. The van der Waals surface area contributed by atoms with Gasteiger partial charge in [0.15, 0.2) is 5.11 Å². The van der Waals surface area contributed by atoms with Gasteiger partial charge in [0.2, 0.25) is 0 Å². The zero-order chi connectivity index (χ0) is 22.5. The molecule has 6 nitrogen and oxygen atoms in total. The molecule has 3 aromatic carbocycles. The van der Waals surface area contributed by atoms with Gasteiger partial charge in [0.1, 0.15) is 11.0 Å². The summed E-state index contributed by atoms with van der Waals surface area (Å²) in [5.74, 6) is -0.256. The Morgan fingerprint density at radius 3 is 2.44 bits per heavy atom. The van der Waals surface area contributed by atoms with Gasteiger partial charge in [-0.05, 0) is 108 Å².